The van der Waals surface area contributed by atoms with E-state index in [-0.39, 0.29) is 24.4 Å². The highest BCUT2D eigenvalue weighted by atomic mass is 32.1. The predicted octanol–water partition coefficient (Wildman–Crippen LogP) is 4.77. The zero-order valence-electron chi connectivity index (χ0n) is 17.2. The van der Waals surface area contributed by atoms with Gasteiger partial charge < -0.3 is 9.80 Å². The maximum absolute atomic E-state index is 13.5. The van der Waals surface area contributed by atoms with Crippen LogP contribution >= 0.6 is 11.3 Å². The van der Waals surface area contributed by atoms with E-state index in [1.807, 2.05) is 48.2 Å². The average molecular weight is 419 g/mol. The van der Waals surface area contributed by atoms with E-state index in [0.717, 1.165) is 18.4 Å². The molecule has 0 spiro atoms. The normalized spacial score (nSPS) is 15.5. The Morgan fingerprint density at radius 3 is 2.43 bits per heavy atom. The van der Waals surface area contributed by atoms with Crippen molar-refractivity contribution in [3.8, 4) is 0 Å². The van der Waals surface area contributed by atoms with Gasteiger partial charge in [-0.3, -0.25) is 9.59 Å². The van der Waals surface area contributed by atoms with Gasteiger partial charge in [0.05, 0.1) is 6.04 Å². The number of thiophene rings is 1. The minimum Gasteiger partial charge on any atom is -0.330 e. The number of nitrogens with zero attached hydrogens (tertiary/aromatic N) is 2. The summed E-state index contributed by atoms with van der Waals surface area (Å²) >= 11 is 1.76. The number of hydrogen-bond donors (Lipinski definition) is 0. The Morgan fingerprint density at radius 1 is 1.03 bits per heavy atom. The first-order valence-electron chi connectivity index (χ1n) is 10.4. The molecule has 0 saturated heterocycles. The molecule has 1 aliphatic rings. The predicted molar refractivity (Wildman–Crippen MR) is 121 cm³/mol. The fraction of sp³-hybridized carbons (Fsp3) is 0.280. The van der Waals surface area contributed by atoms with Crippen LogP contribution in [0.15, 0.2) is 72.1 Å². The van der Waals surface area contributed by atoms with Crippen LogP contribution in [0, 0.1) is 0 Å². The molecule has 4 rings (SSSR count). The average Bonchev–Trinajstić information content (AvgIpc) is 3.27. The molecule has 2 heterocycles. The Morgan fingerprint density at radius 2 is 1.73 bits per heavy atom. The molecule has 1 aliphatic heterocycles. The number of amides is 2. The zero-order valence-corrected chi connectivity index (χ0v) is 18.0. The number of carbonyl (C=O) groups is 2. The molecule has 0 aliphatic carbocycles. The summed E-state index contributed by atoms with van der Waals surface area (Å²) in [6.07, 6.45) is 1.67. The van der Waals surface area contributed by atoms with Crippen LogP contribution in [0.25, 0.3) is 0 Å². The largest absolute Gasteiger partial charge is 0.330 e. The fourth-order valence-electron chi connectivity index (χ4n) is 4.12. The molecule has 4 nitrogen and oxygen atoms in total. The van der Waals surface area contributed by atoms with Crippen molar-refractivity contribution >= 4 is 23.2 Å². The van der Waals surface area contributed by atoms with Gasteiger partial charge in [0.25, 0.3) is 5.91 Å². The highest BCUT2D eigenvalue weighted by Crippen LogP contribution is 2.37. The number of rotatable bonds is 6. The molecule has 0 N–H and O–H groups in total. The van der Waals surface area contributed by atoms with Crippen molar-refractivity contribution in [3.63, 3.8) is 0 Å². The highest BCUT2D eigenvalue weighted by molar-refractivity contribution is 7.10. The number of benzene rings is 2. The Kier molecular flexibility index (Phi) is 6.29. The highest BCUT2D eigenvalue weighted by Gasteiger charge is 2.33. The molecule has 0 radical (unpaired) electrons. The van der Waals surface area contributed by atoms with E-state index in [4.69, 9.17) is 0 Å². The smallest absolute Gasteiger partial charge is 0.254 e. The number of fused-ring (bicyclic) bond motifs is 1. The van der Waals surface area contributed by atoms with E-state index in [1.54, 1.807) is 28.4 Å². The molecule has 2 amide bonds. The Balaban J connectivity index is 1.60. The van der Waals surface area contributed by atoms with E-state index >= 15 is 0 Å². The van der Waals surface area contributed by atoms with Gasteiger partial charge in [0, 0.05) is 23.5 Å². The molecular weight excluding hydrogens is 392 g/mol. The monoisotopic (exact) mass is 418 g/mol. The molecule has 0 unspecified atom stereocenters. The first-order chi connectivity index (χ1) is 14.7. The standard InChI is InChI=1S/C25H26N2O2S/c1-2-15-26(25(29)20-11-7-4-8-12-20)18-23(28)27-16-13-22-21(14-17-30-22)24(27)19-9-5-3-6-10-19/h3-12,14,17,24H,2,13,15-16,18H2,1H3/t24-/m0/s1. The molecule has 154 valence electrons. The van der Waals surface area contributed by atoms with Crippen molar-refractivity contribution in [2.45, 2.75) is 25.8 Å². The topological polar surface area (TPSA) is 40.6 Å². The molecule has 1 atom stereocenters. The summed E-state index contributed by atoms with van der Waals surface area (Å²) < 4.78 is 0. The van der Waals surface area contributed by atoms with Gasteiger partial charge in [-0.25, -0.2) is 0 Å². The van der Waals surface area contributed by atoms with Crippen LogP contribution in [0.2, 0.25) is 0 Å². The van der Waals surface area contributed by atoms with Crippen molar-refractivity contribution in [1.29, 1.82) is 0 Å². The van der Waals surface area contributed by atoms with Crippen LogP contribution in [0.4, 0.5) is 0 Å². The maximum atomic E-state index is 13.5. The fourth-order valence-corrected chi connectivity index (χ4v) is 5.02. The molecule has 5 heteroatoms. The van der Waals surface area contributed by atoms with Gasteiger partial charge in [0.15, 0.2) is 0 Å². The summed E-state index contributed by atoms with van der Waals surface area (Å²) in [6, 6.07) is 21.4. The summed E-state index contributed by atoms with van der Waals surface area (Å²) in [4.78, 5) is 31.5. The lowest BCUT2D eigenvalue weighted by molar-refractivity contribution is -0.134. The lowest BCUT2D eigenvalue weighted by Crippen LogP contribution is -2.47. The van der Waals surface area contributed by atoms with Crippen molar-refractivity contribution in [2.75, 3.05) is 19.6 Å². The third-order valence-corrected chi connectivity index (χ3v) is 6.53. The molecule has 0 saturated carbocycles. The lowest BCUT2D eigenvalue weighted by atomic mass is 9.93. The van der Waals surface area contributed by atoms with Crippen LogP contribution in [-0.4, -0.2) is 41.2 Å². The van der Waals surface area contributed by atoms with Crippen LogP contribution in [0.1, 0.15) is 45.7 Å². The second kappa shape index (κ2) is 9.26. The van der Waals surface area contributed by atoms with Gasteiger partial charge in [-0.15, -0.1) is 11.3 Å². The molecule has 30 heavy (non-hydrogen) atoms. The summed E-state index contributed by atoms with van der Waals surface area (Å²) in [5.74, 6) is -0.0891. The van der Waals surface area contributed by atoms with Gasteiger partial charge in [0.2, 0.25) is 5.91 Å². The minimum atomic E-state index is -0.0935. The van der Waals surface area contributed by atoms with Crippen molar-refractivity contribution in [3.05, 3.63) is 93.7 Å². The molecule has 1 aromatic heterocycles. The van der Waals surface area contributed by atoms with Gasteiger partial charge in [0.1, 0.15) is 6.54 Å². The van der Waals surface area contributed by atoms with Crippen LogP contribution < -0.4 is 0 Å². The second-order valence-electron chi connectivity index (χ2n) is 7.54. The van der Waals surface area contributed by atoms with Gasteiger partial charge in [-0.1, -0.05) is 55.5 Å². The second-order valence-corrected chi connectivity index (χ2v) is 8.54. The van der Waals surface area contributed by atoms with Crippen molar-refractivity contribution < 1.29 is 9.59 Å². The van der Waals surface area contributed by atoms with Crippen LogP contribution in [0.5, 0.6) is 0 Å². The van der Waals surface area contributed by atoms with Crippen LogP contribution in [0.3, 0.4) is 0 Å². The van der Waals surface area contributed by atoms with Gasteiger partial charge in [-0.2, -0.15) is 0 Å². The summed E-state index contributed by atoms with van der Waals surface area (Å²) in [5.41, 5.74) is 2.95. The SMILES string of the molecule is CCCN(CC(=O)N1CCc2sccc2[C@@H]1c1ccccc1)C(=O)c1ccccc1. The number of carbonyl (C=O) groups excluding carboxylic acids is 2. The lowest BCUT2D eigenvalue weighted by Gasteiger charge is -2.37. The molecular formula is C25H26N2O2S. The first-order valence-corrected chi connectivity index (χ1v) is 11.3. The van der Waals surface area contributed by atoms with E-state index in [0.29, 0.717) is 18.7 Å². The minimum absolute atomic E-state index is 0.00145. The van der Waals surface area contributed by atoms with Crippen molar-refractivity contribution in [1.82, 2.24) is 9.80 Å². The summed E-state index contributed by atoms with van der Waals surface area (Å²) in [6.45, 7) is 3.36. The van der Waals surface area contributed by atoms with Crippen LogP contribution in [-0.2, 0) is 11.2 Å². The Bertz CT molecular complexity index is 1000. The third kappa shape index (κ3) is 4.17. The summed E-state index contributed by atoms with van der Waals surface area (Å²) in [7, 11) is 0. The zero-order chi connectivity index (χ0) is 20.9. The quantitative estimate of drug-likeness (QED) is 0.578. The third-order valence-electron chi connectivity index (χ3n) is 5.53. The van der Waals surface area contributed by atoms with E-state index in [9.17, 15) is 9.59 Å². The van der Waals surface area contributed by atoms with E-state index in [1.165, 1.54) is 10.4 Å². The Labute approximate surface area is 181 Å². The number of hydrogen-bond acceptors (Lipinski definition) is 3. The van der Waals surface area contributed by atoms with Gasteiger partial charge in [-0.05, 0) is 47.5 Å². The van der Waals surface area contributed by atoms with E-state index < -0.39 is 0 Å². The Hall–Kier alpha value is -2.92. The van der Waals surface area contributed by atoms with E-state index in [2.05, 4.69) is 23.6 Å². The molecule has 2 aromatic carbocycles. The maximum Gasteiger partial charge on any atom is 0.254 e. The van der Waals surface area contributed by atoms with Gasteiger partial charge >= 0.3 is 0 Å². The molecule has 0 fully saturated rings. The molecule has 3 aromatic rings. The molecule has 0 bridgehead atoms. The first kappa shape index (κ1) is 20.4. The van der Waals surface area contributed by atoms with Crippen molar-refractivity contribution in [2.24, 2.45) is 0 Å². The summed E-state index contributed by atoms with van der Waals surface area (Å²) in [5, 5.41) is 2.11.